The van der Waals surface area contributed by atoms with Crippen LogP contribution < -0.4 is 5.32 Å². The maximum Gasteiger partial charge on any atom is 0.0661 e. The molecule has 4 atom stereocenters. The summed E-state index contributed by atoms with van der Waals surface area (Å²) in [5.41, 5.74) is 0.373. The lowest BCUT2D eigenvalue weighted by molar-refractivity contribution is -0.151. The highest BCUT2D eigenvalue weighted by atomic mass is 32.2. The first-order chi connectivity index (χ1) is 9.08. The van der Waals surface area contributed by atoms with Gasteiger partial charge in [-0.05, 0) is 33.1 Å². The number of rotatable bonds is 6. The largest absolute Gasteiger partial charge is 0.378 e. The van der Waals surface area contributed by atoms with Crippen LogP contribution >= 0.6 is 0 Å². The molecule has 3 nitrogen and oxygen atoms in total. The minimum atomic E-state index is -0.712. The van der Waals surface area contributed by atoms with Gasteiger partial charge in [0.25, 0.3) is 0 Å². The third-order valence-corrected chi connectivity index (χ3v) is 5.88. The molecule has 4 heteroatoms. The summed E-state index contributed by atoms with van der Waals surface area (Å²) in [4.78, 5) is 0. The van der Waals surface area contributed by atoms with Crippen molar-refractivity contribution in [2.75, 3.05) is 18.6 Å². The molecule has 0 aliphatic heterocycles. The minimum Gasteiger partial charge on any atom is -0.378 e. The highest BCUT2D eigenvalue weighted by Crippen LogP contribution is 2.53. The zero-order valence-electron chi connectivity index (χ0n) is 12.6. The van der Waals surface area contributed by atoms with Gasteiger partial charge in [-0.2, -0.15) is 0 Å². The molecule has 2 fully saturated rings. The lowest BCUT2D eigenvalue weighted by Gasteiger charge is -2.58. The van der Waals surface area contributed by atoms with E-state index in [2.05, 4.69) is 19.2 Å². The molecule has 1 N–H and O–H groups in total. The molecule has 2 aliphatic carbocycles. The fraction of sp³-hybridized carbons (Fsp3) is 1.00. The molecular weight excluding hydrogens is 258 g/mol. The molecular formula is C15H29NO2S. The first-order valence-electron chi connectivity index (χ1n) is 7.76. The second-order valence-electron chi connectivity index (χ2n) is 6.33. The Morgan fingerprint density at radius 3 is 2.63 bits per heavy atom. The van der Waals surface area contributed by atoms with Crippen LogP contribution in [-0.2, 0) is 15.5 Å². The Kier molecular flexibility index (Phi) is 5.44. The summed E-state index contributed by atoms with van der Waals surface area (Å²) in [7, 11) is -0.712. The molecule has 19 heavy (non-hydrogen) atoms. The number of nitrogens with one attached hydrogen (secondary N) is 1. The Morgan fingerprint density at radius 2 is 2.05 bits per heavy atom. The molecule has 0 heterocycles. The molecule has 0 radical (unpaired) electrons. The third-order valence-electron chi connectivity index (χ3n) is 4.91. The SMILES string of the molecule is CCOC1CC(NC(C)CS(C)=O)C12CCCCC2. The highest BCUT2D eigenvalue weighted by Gasteiger charge is 2.55. The van der Waals surface area contributed by atoms with Crippen LogP contribution in [0.1, 0.15) is 52.4 Å². The summed E-state index contributed by atoms with van der Waals surface area (Å²) >= 11 is 0. The number of hydrogen-bond donors (Lipinski definition) is 1. The monoisotopic (exact) mass is 287 g/mol. The van der Waals surface area contributed by atoms with Crippen molar-refractivity contribution >= 4 is 10.8 Å². The molecule has 2 rings (SSSR count). The van der Waals surface area contributed by atoms with Gasteiger partial charge < -0.3 is 10.1 Å². The Balaban J connectivity index is 1.95. The van der Waals surface area contributed by atoms with Gasteiger partial charge in [-0.15, -0.1) is 0 Å². The predicted molar refractivity (Wildman–Crippen MR) is 80.9 cm³/mol. The first kappa shape index (κ1) is 15.5. The zero-order valence-corrected chi connectivity index (χ0v) is 13.4. The number of hydrogen-bond acceptors (Lipinski definition) is 3. The smallest absolute Gasteiger partial charge is 0.0661 e. The van der Waals surface area contributed by atoms with Gasteiger partial charge in [-0.3, -0.25) is 4.21 Å². The maximum atomic E-state index is 11.3. The second kappa shape index (κ2) is 6.68. The molecule has 0 aromatic rings. The van der Waals surface area contributed by atoms with E-state index in [1.54, 1.807) is 6.26 Å². The summed E-state index contributed by atoms with van der Waals surface area (Å²) in [5.74, 6) is 0.756. The average molecular weight is 287 g/mol. The van der Waals surface area contributed by atoms with Crippen molar-refractivity contribution in [2.45, 2.75) is 70.6 Å². The topological polar surface area (TPSA) is 38.3 Å². The highest BCUT2D eigenvalue weighted by molar-refractivity contribution is 7.84. The fourth-order valence-corrected chi connectivity index (χ4v) is 4.84. The first-order valence-corrected chi connectivity index (χ1v) is 9.49. The van der Waals surface area contributed by atoms with Gasteiger partial charge in [0, 0.05) is 46.9 Å². The van der Waals surface area contributed by atoms with E-state index < -0.39 is 10.8 Å². The van der Waals surface area contributed by atoms with Crippen molar-refractivity contribution < 1.29 is 8.95 Å². The zero-order chi connectivity index (χ0) is 13.9. The van der Waals surface area contributed by atoms with Crippen molar-refractivity contribution in [2.24, 2.45) is 5.41 Å². The lowest BCUT2D eigenvalue weighted by atomic mass is 9.55. The Bertz CT molecular complexity index is 315. The van der Waals surface area contributed by atoms with Gasteiger partial charge in [-0.1, -0.05) is 19.3 Å². The summed E-state index contributed by atoms with van der Waals surface area (Å²) in [6.45, 7) is 5.08. The van der Waals surface area contributed by atoms with Crippen LogP contribution in [0.5, 0.6) is 0 Å². The van der Waals surface area contributed by atoms with Gasteiger partial charge in [0.15, 0.2) is 0 Å². The lowest BCUT2D eigenvalue weighted by Crippen LogP contribution is -2.66. The van der Waals surface area contributed by atoms with Crippen molar-refractivity contribution in [3.63, 3.8) is 0 Å². The van der Waals surface area contributed by atoms with Crippen LogP contribution in [0.25, 0.3) is 0 Å². The van der Waals surface area contributed by atoms with E-state index >= 15 is 0 Å². The van der Waals surface area contributed by atoms with Crippen molar-refractivity contribution in [3.05, 3.63) is 0 Å². The molecule has 0 amide bonds. The molecule has 0 saturated heterocycles. The van der Waals surface area contributed by atoms with Crippen LogP contribution in [0.3, 0.4) is 0 Å². The molecule has 112 valence electrons. The molecule has 0 aromatic carbocycles. The molecule has 2 saturated carbocycles. The summed E-state index contributed by atoms with van der Waals surface area (Å²) < 4.78 is 17.3. The van der Waals surface area contributed by atoms with Gasteiger partial charge in [0.1, 0.15) is 0 Å². The summed E-state index contributed by atoms with van der Waals surface area (Å²) in [6, 6.07) is 0.917. The van der Waals surface area contributed by atoms with Crippen LogP contribution in [0.2, 0.25) is 0 Å². The van der Waals surface area contributed by atoms with Gasteiger partial charge in [-0.25, -0.2) is 0 Å². The van der Waals surface area contributed by atoms with Crippen molar-refractivity contribution in [1.82, 2.24) is 5.32 Å². The summed E-state index contributed by atoms with van der Waals surface area (Å²) in [6.07, 6.45) is 10.0. The normalized spacial score (nSPS) is 32.8. The van der Waals surface area contributed by atoms with Crippen molar-refractivity contribution in [1.29, 1.82) is 0 Å². The fourth-order valence-electron chi connectivity index (χ4n) is 4.04. The van der Waals surface area contributed by atoms with Gasteiger partial charge in [0.05, 0.1) is 6.10 Å². The molecule has 1 spiro atoms. The molecule has 0 aromatic heterocycles. The van der Waals surface area contributed by atoms with Gasteiger partial charge >= 0.3 is 0 Å². The van der Waals surface area contributed by atoms with E-state index in [1.165, 1.54) is 32.1 Å². The van der Waals surface area contributed by atoms with E-state index in [0.717, 1.165) is 18.8 Å². The van der Waals surface area contributed by atoms with Crippen LogP contribution in [0.15, 0.2) is 0 Å². The minimum absolute atomic E-state index is 0.345. The van der Waals surface area contributed by atoms with Crippen molar-refractivity contribution in [3.8, 4) is 0 Å². The Morgan fingerprint density at radius 1 is 1.37 bits per heavy atom. The second-order valence-corrected chi connectivity index (χ2v) is 7.81. The van der Waals surface area contributed by atoms with E-state index in [4.69, 9.17) is 4.74 Å². The van der Waals surface area contributed by atoms with E-state index in [9.17, 15) is 4.21 Å². The maximum absolute atomic E-state index is 11.3. The average Bonchev–Trinajstić information content (AvgIpc) is 2.38. The Hall–Kier alpha value is 0.0700. The van der Waals surface area contributed by atoms with Crippen LogP contribution in [0, 0.1) is 5.41 Å². The van der Waals surface area contributed by atoms with Crippen LogP contribution in [0.4, 0.5) is 0 Å². The third kappa shape index (κ3) is 3.40. The molecule has 4 unspecified atom stereocenters. The quantitative estimate of drug-likeness (QED) is 0.815. The van der Waals surface area contributed by atoms with E-state index in [1.807, 2.05) is 0 Å². The summed E-state index contributed by atoms with van der Waals surface area (Å²) in [5, 5.41) is 3.72. The predicted octanol–water partition coefficient (Wildman–Crippen LogP) is 2.47. The standard InChI is InChI=1S/C15H29NO2S/c1-4-18-14-10-13(16-12(2)11-19(3)17)15(14)8-6-5-7-9-15/h12-14,16H,4-11H2,1-3H3. The van der Waals surface area contributed by atoms with E-state index in [-0.39, 0.29) is 0 Å². The van der Waals surface area contributed by atoms with E-state index in [0.29, 0.717) is 23.6 Å². The Labute approximate surface area is 120 Å². The molecule has 2 aliphatic rings. The van der Waals surface area contributed by atoms with Crippen LogP contribution in [-0.4, -0.2) is 41.0 Å². The number of ether oxygens (including phenoxy) is 1. The van der Waals surface area contributed by atoms with Gasteiger partial charge in [0.2, 0.25) is 0 Å². The molecule has 0 bridgehead atoms.